The van der Waals surface area contributed by atoms with E-state index < -0.39 is 7.37 Å². The molecule has 0 aromatic heterocycles. The van der Waals surface area contributed by atoms with Gasteiger partial charge in [0.2, 0.25) is 7.37 Å². The van der Waals surface area contributed by atoms with Gasteiger partial charge in [-0.25, -0.2) is 0 Å². The molecular formula is C4H7O2P. The molecule has 0 aromatic rings. The van der Waals surface area contributed by atoms with Crippen LogP contribution >= 0.6 is 7.37 Å². The van der Waals surface area contributed by atoms with E-state index >= 15 is 0 Å². The van der Waals surface area contributed by atoms with Crippen LogP contribution in [-0.4, -0.2) is 17.7 Å². The molecule has 0 spiro atoms. The third kappa shape index (κ3) is 5.75. The van der Waals surface area contributed by atoms with E-state index in [1.807, 2.05) is 0 Å². The van der Waals surface area contributed by atoms with Crippen LogP contribution < -0.4 is 0 Å². The third-order valence-electron chi connectivity index (χ3n) is 0.385. The molecule has 2 nitrogen and oxygen atoms in total. The molecule has 0 amide bonds. The largest absolute Gasteiger partial charge is 0.344 e. The Hall–Kier alpha value is -0.250. The zero-order valence-electron chi connectivity index (χ0n) is 4.09. The maximum Gasteiger partial charge on any atom is 0.209 e. The maximum atomic E-state index is 10.2. The topological polar surface area (TPSA) is 37.3 Å². The van der Waals surface area contributed by atoms with Crippen LogP contribution in [0, 0.1) is 12.3 Å². The Bertz CT molecular complexity index is 127. The summed E-state index contributed by atoms with van der Waals surface area (Å²) in [6, 6.07) is 0. The zero-order chi connectivity index (χ0) is 5.91. The lowest BCUT2D eigenvalue weighted by Crippen LogP contribution is -1.78. The van der Waals surface area contributed by atoms with Crippen molar-refractivity contribution in [1.82, 2.24) is 0 Å². The minimum absolute atomic E-state index is 0.0208. The second-order valence-corrected chi connectivity index (χ2v) is 3.83. The second-order valence-electron chi connectivity index (χ2n) is 1.41. The van der Waals surface area contributed by atoms with Crippen LogP contribution in [0.2, 0.25) is 0 Å². The summed E-state index contributed by atoms with van der Waals surface area (Å²) >= 11 is 0. The van der Waals surface area contributed by atoms with Gasteiger partial charge in [0, 0.05) is 6.66 Å². The molecule has 0 rings (SSSR count). The van der Waals surface area contributed by atoms with Crippen molar-refractivity contribution in [3.05, 3.63) is 0 Å². The molecule has 0 fully saturated rings. The van der Waals surface area contributed by atoms with Gasteiger partial charge in [0.1, 0.15) is 0 Å². The Kier molecular flexibility index (Phi) is 2.08. The highest BCUT2D eigenvalue weighted by Crippen LogP contribution is 2.33. The smallest absolute Gasteiger partial charge is 0.209 e. The first kappa shape index (κ1) is 6.75. The molecule has 0 aliphatic rings. The van der Waals surface area contributed by atoms with E-state index in [0.717, 1.165) is 0 Å². The third-order valence-corrected chi connectivity index (χ3v) is 1.15. The molecule has 1 atom stereocenters. The van der Waals surface area contributed by atoms with Gasteiger partial charge in [-0.05, 0) is 0 Å². The average molecular weight is 118 g/mol. The summed E-state index contributed by atoms with van der Waals surface area (Å²) in [5.74, 6) is 2.09. The predicted octanol–water partition coefficient (Wildman–Crippen LogP) is 0.520. The van der Waals surface area contributed by atoms with Crippen LogP contribution in [0.15, 0.2) is 0 Å². The molecule has 1 N–H and O–H groups in total. The lowest BCUT2D eigenvalue weighted by Gasteiger charge is -1.94. The molecule has 0 saturated heterocycles. The summed E-state index contributed by atoms with van der Waals surface area (Å²) in [5, 5.41) is 0. The van der Waals surface area contributed by atoms with Gasteiger partial charge < -0.3 is 4.89 Å². The van der Waals surface area contributed by atoms with Gasteiger partial charge in [0.15, 0.2) is 0 Å². The van der Waals surface area contributed by atoms with E-state index in [-0.39, 0.29) is 6.16 Å². The monoisotopic (exact) mass is 118 g/mol. The van der Waals surface area contributed by atoms with E-state index in [1.165, 1.54) is 6.66 Å². The minimum Gasteiger partial charge on any atom is -0.344 e. The quantitative estimate of drug-likeness (QED) is 0.402. The zero-order valence-corrected chi connectivity index (χ0v) is 4.98. The standard InChI is InChI=1S/C4H7O2P/c1-3-4-7(2,5)6/h1H,4H2,2H3,(H,5,6). The average Bonchev–Trinajstić information content (AvgIpc) is 1.30. The first-order valence-corrected chi connectivity index (χ1v) is 4.08. The van der Waals surface area contributed by atoms with Crippen LogP contribution in [0.3, 0.4) is 0 Å². The first-order valence-electron chi connectivity index (χ1n) is 1.79. The van der Waals surface area contributed by atoms with Gasteiger partial charge in [0.05, 0.1) is 6.16 Å². The van der Waals surface area contributed by atoms with Crippen LogP contribution in [-0.2, 0) is 4.57 Å². The van der Waals surface area contributed by atoms with E-state index in [2.05, 4.69) is 5.92 Å². The molecule has 0 bridgehead atoms. The van der Waals surface area contributed by atoms with E-state index in [9.17, 15) is 4.57 Å². The van der Waals surface area contributed by atoms with Crippen LogP contribution in [0.5, 0.6) is 0 Å². The van der Waals surface area contributed by atoms with E-state index in [0.29, 0.717) is 0 Å². The molecule has 0 saturated carbocycles. The molecular weight excluding hydrogens is 111 g/mol. The van der Waals surface area contributed by atoms with Gasteiger partial charge in [-0.2, -0.15) is 0 Å². The summed E-state index contributed by atoms with van der Waals surface area (Å²) in [4.78, 5) is 8.43. The SMILES string of the molecule is C#CCP(C)(=O)O. The summed E-state index contributed by atoms with van der Waals surface area (Å²) in [6.07, 6.45) is 4.71. The van der Waals surface area contributed by atoms with Crippen LogP contribution in [0.1, 0.15) is 0 Å². The van der Waals surface area contributed by atoms with Crippen molar-refractivity contribution in [3.8, 4) is 12.3 Å². The number of rotatable bonds is 1. The van der Waals surface area contributed by atoms with Crippen molar-refractivity contribution in [2.24, 2.45) is 0 Å². The Morgan fingerprint density at radius 3 is 2.43 bits per heavy atom. The highest BCUT2D eigenvalue weighted by Gasteiger charge is 2.04. The van der Waals surface area contributed by atoms with Gasteiger partial charge in [0.25, 0.3) is 0 Å². The van der Waals surface area contributed by atoms with Gasteiger partial charge in [-0.3, -0.25) is 4.57 Å². The van der Waals surface area contributed by atoms with E-state index in [1.54, 1.807) is 0 Å². The fourth-order valence-electron chi connectivity index (χ4n) is 0.169. The molecule has 0 aliphatic heterocycles. The number of hydrogen-bond donors (Lipinski definition) is 1. The molecule has 0 aromatic carbocycles. The summed E-state index contributed by atoms with van der Waals surface area (Å²) < 4.78 is 10.2. The Balaban J connectivity index is 3.65. The van der Waals surface area contributed by atoms with Crippen molar-refractivity contribution in [1.29, 1.82) is 0 Å². The molecule has 0 heterocycles. The second kappa shape index (κ2) is 2.16. The molecule has 1 unspecified atom stereocenters. The van der Waals surface area contributed by atoms with Gasteiger partial charge in [-0.1, -0.05) is 5.92 Å². The van der Waals surface area contributed by atoms with Crippen molar-refractivity contribution in [3.63, 3.8) is 0 Å². The number of terminal acetylenes is 1. The lowest BCUT2D eigenvalue weighted by atomic mass is 10.8. The van der Waals surface area contributed by atoms with Crippen molar-refractivity contribution in [2.45, 2.75) is 0 Å². The normalized spacial score (nSPS) is 17.3. The maximum absolute atomic E-state index is 10.2. The summed E-state index contributed by atoms with van der Waals surface area (Å²) in [6.45, 7) is 1.24. The molecule has 7 heavy (non-hydrogen) atoms. The summed E-state index contributed by atoms with van der Waals surface area (Å²) in [7, 11) is -2.90. The highest BCUT2D eigenvalue weighted by atomic mass is 31.2. The van der Waals surface area contributed by atoms with Crippen molar-refractivity contribution in [2.75, 3.05) is 12.8 Å². The van der Waals surface area contributed by atoms with Gasteiger partial charge >= 0.3 is 0 Å². The molecule has 3 heteroatoms. The highest BCUT2D eigenvalue weighted by molar-refractivity contribution is 7.57. The van der Waals surface area contributed by atoms with Crippen LogP contribution in [0.25, 0.3) is 0 Å². The number of hydrogen-bond acceptors (Lipinski definition) is 1. The molecule has 0 aliphatic carbocycles. The molecule has 0 radical (unpaired) electrons. The minimum atomic E-state index is -2.90. The fraction of sp³-hybridized carbons (Fsp3) is 0.500. The predicted molar refractivity (Wildman–Crippen MR) is 29.4 cm³/mol. The van der Waals surface area contributed by atoms with Crippen molar-refractivity contribution < 1.29 is 9.46 Å². The van der Waals surface area contributed by atoms with E-state index in [4.69, 9.17) is 11.3 Å². The van der Waals surface area contributed by atoms with Crippen LogP contribution in [0.4, 0.5) is 0 Å². The Morgan fingerprint density at radius 2 is 2.43 bits per heavy atom. The van der Waals surface area contributed by atoms with Crippen molar-refractivity contribution >= 4 is 7.37 Å². The summed E-state index contributed by atoms with van der Waals surface area (Å²) in [5.41, 5.74) is 0. The Morgan fingerprint density at radius 1 is 2.00 bits per heavy atom. The first-order chi connectivity index (χ1) is 3.06. The Labute approximate surface area is 43.0 Å². The van der Waals surface area contributed by atoms with Gasteiger partial charge in [-0.15, -0.1) is 6.42 Å². The fourth-order valence-corrected chi connectivity index (χ4v) is 0.508. The molecule has 40 valence electrons. The lowest BCUT2D eigenvalue weighted by molar-refractivity contribution is 0.489.